The molecule has 6 nitrogen and oxygen atoms in total. The molecular weight excluding hydrogens is 342 g/mol. The Morgan fingerprint density at radius 1 is 1.15 bits per heavy atom. The molecule has 1 spiro atoms. The number of pyridine rings is 1. The number of rotatable bonds is 5. The van der Waals surface area contributed by atoms with E-state index in [2.05, 4.69) is 10.3 Å². The molecule has 2 fully saturated rings. The topological polar surface area (TPSA) is 63.7 Å². The van der Waals surface area contributed by atoms with Crippen molar-refractivity contribution in [1.29, 1.82) is 0 Å². The molecule has 3 heterocycles. The maximum absolute atomic E-state index is 12.6. The largest absolute Gasteiger partial charge is 0.491 e. The highest BCUT2D eigenvalue weighted by Gasteiger charge is 2.41. The van der Waals surface area contributed by atoms with E-state index in [4.69, 9.17) is 9.47 Å². The molecular formula is C21H25N3O3. The van der Waals surface area contributed by atoms with E-state index in [9.17, 15) is 4.79 Å². The number of nitrogens with one attached hydrogen (secondary N) is 1. The molecule has 0 bridgehead atoms. The predicted molar refractivity (Wildman–Crippen MR) is 103 cm³/mol. The molecule has 2 aromatic rings. The zero-order valence-electron chi connectivity index (χ0n) is 15.4. The maximum atomic E-state index is 12.6. The standard InChI is InChI=1S/C21H25N3O3/c25-20(24-13-9-21(10-14-24)11-16-27-21)23-18-6-1-2-7-19(18)26-15-8-17-5-3-4-12-22-17/h1-7,12H,8-11,13-16H2,(H,23,25). The SMILES string of the molecule is O=C(Nc1ccccc1OCCc1ccccn1)N1CCC2(CCO2)CC1. The van der Waals surface area contributed by atoms with Crippen LogP contribution < -0.4 is 10.1 Å². The van der Waals surface area contributed by atoms with Crippen molar-refractivity contribution >= 4 is 11.7 Å². The maximum Gasteiger partial charge on any atom is 0.321 e. The third-order valence-electron chi connectivity index (χ3n) is 5.40. The van der Waals surface area contributed by atoms with Crippen LogP contribution in [0.3, 0.4) is 0 Å². The number of hydrogen-bond donors (Lipinski definition) is 1. The monoisotopic (exact) mass is 367 g/mol. The second-order valence-electron chi connectivity index (χ2n) is 7.11. The fourth-order valence-corrected chi connectivity index (χ4v) is 3.60. The van der Waals surface area contributed by atoms with Crippen LogP contribution in [0.1, 0.15) is 25.0 Å². The van der Waals surface area contributed by atoms with E-state index >= 15 is 0 Å². The first-order valence-electron chi connectivity index (χ1n) is 9.56. The molecule has 0 atom stereocenters. The normalized spacial score (nSPS) is 18.0. The van der Waals surface area contributed by atoms with Gasteiger partial charge in [0, 0.05) is 31.4 Å². The van der Waals surface area contributed by atoms with Gasteiger partial charge in [-0.15, -0.1) is 0 Å². The summed E-state index contributed by atoms with van der Waals surface area (Å²) < 4.78 is 11.6. The first-order chi connectivity index (χ1) is 13.2. The highest BCUT2D eigenvalue weighted by atomic mass is 16.5. The lowest BCUT2D eigenvalue weighted by Gasteiger charge is -2.47. The van der Waals surface area contributed by atoms with Crippen LogP contribution in [0.2, 0.25) is 0 Å². The van der Waals surface area contributed by atoms with E-state index in [0.29, 0.717) is 18.0 Å². The molecule has 4 rings (SSSR count). The van der Waals surface area contributed by atoms with Crippen molar-refractivity contribution in [3.8, 4) is 5.75 Å². The number of carbonyl (C=O) groups is 1. The van der Waals surface area contributed by atoms with Gasteiger partial charge >= 0.3 is 6.03 Å². The number of anilines is 1. The molecule has 2 aliphatic heterocycles. The summed E-state index contributed by atoms with van der Waals surface area (Å²) in [6.45, 7) is 2.83. The molecule has 0 radical (unpaired) electrons. The number of ether oxygens (including phenoxy) is 2. The van der Waals surface area contributed by atoms with Crippen molar-refractivity contribution in [2.75, 3.05) is 31.6 Å². The average Bonchev–Trinajstić information content (AvgIpc) is 2.69. The third-order valence-corrected chi connectivity index (χ3v) is 5.40. The van der Waals surface area contributed by atoms with Gasteiger partial charge in [0.2, 0.25) is 0 Å². The van der Waals surface area contributed by atoms with E-state index in [-0.39, 0.29) is 11.6 Å². The number of amides is 2. The fourth-order valence-electron chi connectivity index (χ4n) is 3.60. The number of aromatic nitrogens is 1. The van der Waals surface area contributed by atoms with Gasteiger partial charge in [0.15, 0.2) is 0 Å². The van der Waals surface area contributed by atoms with E-state index in [1.165, 1.54) is 0 Å². The highest BCUT2D eigenvalue weighted by Crippen LogP contribution is 2.37. The van der Waals surface area contributed by atoms with Crippen molar-refractivity contribution in [3.05, 3.63) is 54.4 Å². The molecule has 1 N–H and O–H groups in total. The van der Waals surface area contributed by atoms with E-state index in [1.54, 1.807) is 6.20 Å². The van der Waals surface area contributed by atoms with Gasteiger partial charge < -0.3 is 19.7 Å². The number of likely N-dealkylation sites (tertiary alicyclic amines) is 1. The van der Waals surface area contributed by atoms with Gasteiger partial charge in [0.1, 0.15) is 5.75 Å². The Morgan fingerprint density at radius 3 is 2.63 bits per heavy atom. The van der Waals surface area contributed by atoms with Gasteiger partial charge in [-0.2, -0.15) is 0 Å². The minimum Gasteiger partial charge on any atom is -0.491 e. The summed E-state index contributed by atoms with van der Waals surface area (Å²) in [5.41, 5.74) is 1.73. The quantitative estimate of drug-likeness (QED) is 0.879. The molecule has 2 aliphatic rings. The highest BCUT2D eigenvalue weighted by molar-refractivity contribution is 5.91. The first-order valence-corrected chi connectivity index (χ1v) is 9.56. The first kappa shape index (κ1) is 17.8. The lowest BCUT2D eigenvalue weighted by atomic mass is 9.84. The Morgan fingerprint density at radius 2 is 1.93 bits per heavy atom. The zero-order valence-corrected chi connectivity index (χ0v) is 15.4. The summed E-state index contributed by atoms with van der Waals surface area (Å²) in [6.07, 6.45) is 5.46. The number of hydrogen-bond acceptors (Lipinski definition) is 4. The van der Waals surface area contributed by atoms with Crippen LogP contribution in [-0.2, 0) is 11.2 Å². The van der Waals surface area contributed by atoms with Crippen LogP contribution in [0.25, 0.3) is 0 Å². The van der Waals surface area contributed by atoms with Gasteiger partial charge in [-0.1, -0.05) is 18.2 Å². The summed E-state index contributed by atoms with van der Waals surface area (Å²) in [5, 5.41) is 3.00. The zero-order chi connectivity index (χ0) is 18.5. The third kappa shape index (κ3) is 4.22. The minimum atomic E-state index is -0.0788. The van der Waals surface area contributed by atoms with Crippen LogP contribution in [0.15, 0.2) is 48.7 Å². The number of benzene rings is 1. The Bertz CT molecular complexity index is 767. The number of urea groups is 1. The Kier molecular flexibility index (Phi) is 5.25. The van der Waals surface area contributed by atoms with Crippen LogP contribution in [0.4, 0.5) is 10.5 Å². The van der Waals surface area contributed by atoms with E-state index in [0.717, 1.165) is 51.1 Å². The number of nitrogens with zero attached hydrogens (tertiary/aromatic N) is 2. The number of piperidine rings is 1. The summed E-state index contributed by atoms with van der Waals surface area (Å²) >= 11 is 0. The summed E-state index contributed by atoms with van der Waals surface area (Å²) in [7, 11) is 0. The number of para-hydroxylation sites is 2. The van der Waals surface area contributed by atoms with Gasteiger partial charge in [0.25, 0.3) is 0 Å². The molecule has 2 amide bonds. The van der Waals surface area contributed by atoms with Gasteiger partial charge in [0.05, 0.1) is 24.5 Å². The van der Waals surface area contributed by atoms with E-state index < -0.39 is 0 Å². The molecule has 27 heavy (non-hydrogen) atoms. The Hall–Kier alpha value is -2.60. The van der Waals surface area contributed by atoms with Crippen molar-refractivity contribution < 1.29 is 14.3 Å². The smallest absolute Gasteiger partial charge is 0.321 e. The lowest BCUT2D eigenvalue weighted by molar-refractivity contribution is -0.168. The summed E-state index contributed by atoms with van der Waals surface area (Å²) in [4.78, 5) is 18.8. The molecule has 6 heteroatoms. The molecule has 0 unspecified atom stereocenters. The lowest BCUT2D eigenvalue weighted by Crippen LogP contribution is -2.54. The van der Waals surface area contributed by atoms with Crippen molar-refractivity contribution in [1.82, 2.24) is 9.88 Å². The molecule has 0 saturated carbocycles. The molecule has 0 aliphatic carbocycles. The van der Waals surface area contributed by atoms with Crippen molar-refractivity contribution in [2.45, 2.75) is 31.3 Å². The molecule has 1 aromatic heterocycles. The fraction of sp³-hybridized carbons (Fsp3) is 0.429. The van der Waals surface area contributed by atoms with Crippen LogP contribution in [0.5, 0.6) is 5.75 Å². The predicted octanol–water partition coefficient (Wildman–Crippen LogP) is 3.49. The van der Waals surface area contributed by atoms with Crippen LogP contribution >= 0.6 is 0 Å². The number of carbonyl (C=O) groups excluding carboxylic acids is 1. The Labute approximate surface area is 159 Å². The van der Waals surface area contributed by atoms with E-state index in [1.807, 2.05) is 47.4 Å². The van der Waals surface area contributed by atoms with Crippen molar-refractivity contribution in [3.63, 3.8) is 0 Å². The van der Waals surface area contributed by atoms with Crippen molar-refractivity contribution in [2.24, 2.45) is 0 Å². The summed E-state index contributed by atoms with van der Waals surface area (Å²) in [5.74, 6) is 0.678. The second kappa shape index (κ2) is 7.96. The van der Waals surface area contributed by atoms with Gasteiger partial charge in [-0.3, -0.25) is 4.98 Å². The average molecular weight is 367 g/mol. The van der Waals surface area contributed by atoms with Gasteiger partial charge in [-0.05, 0) is 43.5 Å². The minimum absolute atomic E-state index is 0.0449. The van der Waals surface area contributed by atoms with Crippen LogP contribution in [0, 0.1) is 0 Å². The molecule has 2 saturated heterocycles. The second-order valence-corrected chi connectivity index (χ2v) is 7.11. The molecule has 142 valence electrons. The van der Waals surface area contributed by atoms with Gasteiger partial charge in [-0.25, -0.2) is 4.79 Å². The Balaban J connectivity index is 1.31. The summed E-state index contributed by atoms with van der Waals surface area (Å²) in [6, 6.07) is 13.3. The van der Waals surface area contributed by atoms with Crippen LogP contribution in [-0.4, -0.2) is 47.8 Å². The molecule has 1 aromatic carbocycles.